The van der Waals surface area contributed by atoms with Crippen LogP contribution in [0.2, 0.25) is 0 Å². The van der Waals surface area contributed by atoms with E-state index in [0.717, 1.165) is 31.5 Å². The van der Waals surface area contributed by atoms with Gasteiger partial charge in [0.05, 0.1) is 0 Å². The van der Waals surface area contributed by atoms with Crippen LogP contribution in [0, 0.1) is 0 Å². The van der Waals surface area contributed by atoms with Gasteiger partial charge < -0.3 is 5.32 Å². The molecule has 0 unspecified atom stereocenters. The molecule has 0 atom stereocenters. The summed E-state index contributed by atoms with van der Waals surface area (Å²) in [6, 6.07) is 0. The Hall–Kier alpha value is -0.510. The number of halogens is 3. The van der Waals surface area contributed by atoms with E-state index >= 15 is 0 Å². The maximum Gasteiger partial charge on any atom is 0.389 e. The molecule has 1 N–H and O–H groups in total. The molecule has 1 aliphatic heterocycles. The molecule has 1 nitrogen and oxygen atoms in total. The molecule has 0 saturated carbocycles. The Kier molecular flexibility index (Phi) is 3.78. The van der Waals surface area contributed by atoms with Crippen LogP contribution >= 0.6 is 0 Å². The van der Waals surface area contributed by atoms with Gasteiger partial charge >= 0.3 is 6.18 Å². The zero-order valence-corrected chi connectivity index (χ0v) is 7.45. The Morgan fingerprint density at radius 1 is 1.38 bits per heavy atom. The zero-order chi connectivity index (χ0) is 9.73. The Bertz CT molecular complexity index is 176. The first-order valence-electron chi connectivity index (χ1n) is 4.53. The van der Waals surface area contributed by atoms with E-state index < -0.39 is 12.6 Å². The van der Waals surface area contributed by atoms with Gasteiger partial charge in [-0.05, 0) is 25.8 Å². The molecule has 1 rings (SSSR count). The summed E-state index contributed by atoms with van der Waals surface area (Å²) >= 11 is 0. The van der Waals surface area contributed by atoms with Crippen molar-refractivity contribution >= 4 is 0 Å². The van der Waals surface area contributed by atoms with E-state index in [1.54, 1.807) is 6.08 Å². The maximum atomic E-state index is 11.8. The van der Waals surface area contributed by atoms with Gasteiger partial charge in [-0.2, -0.15) is 13.2 Å². The van der Waals surface area contributed by atoms with Gasteiger partial charge in [-0.25, -0.2) is 0 Å². The molecule has 0 aliphatic carbocycles. The quantitative estimate of drug-likeness (QED) is 0.665. The van der Waals surface area contributed by atoms with Crippen molar-refractivity contribution in [2.45, 2.75) is 31.9 Å². The van der Waals surface area contributed by atoms with Gasteiger partial charge in [0, 0.05) is 13.0 Å². The van der Waals surface area contributed by atoms with Crippen LogP contribution in [-0.4, -0.2) is 19.3 Å². The molecule has 0 aromatic carbocycles. The molecule has 0 radical (unpaired) electrons. The van der Waals surface area contributed by atoms with Gasteiger partial charge in [0.15, 0.2) is 0 Å². The lowest BCUT2D eigenvalue weighted by Crippen LogP contribution is -2.23. The van der Waals surface area contributed by atoms with E-state index in [2.05, 4.69) is 5.32 Å². The fourth-order valence-corrected chi connectivity index (χ4v) is 1.39. The first-order chi connectivity index (χ1) is 6.08. The zero-order valence-electron chi connectivity index (χ0n) is 7.45. The predicted octanol–water partition coefficient (Wildman–Crippen LogP) is 2.64. The second-order valence-electron chi connectivity index (χ2n) is 3.30. The van der Waals surface area contributed by atoms with Crippen molar-refractivity contribution in [1.29, 1.82) is 0 Å². The van der Waals surface area contributed by atoms with Crippen LogP contribution < -0.4 is 5.32 Å². The van der Waals surface area contributed by atoms with Gasteiger partial charge in [0.25, 0.3) is 0 Å². The summed E-state index contributed by atoms with van der Waals surface area (Å²) in [6.45, 7) is 1.74. The second-order valence-corrected chi connectivity index (χ2v) is 3.30. The van der Waals surface area contributed by atoms with Gasteiger partial charge in [-0.1, -0.05) is 11.6 Å². The van der Waals surface area contributed by atoms with Crippen molar-refractivity contribution in [2.24, 2.45) is 0 Å². The third kappa shape index (κ3) is 4.93. The number of hydrogen-bond donors (Lipinski definition) is 1. The normalized spacial score (nSPS) is 22.2. The molecule has 0 spiro atoms. The fourth-order valence-electron chi connectivity index (χ4n) is 1.39. The molecule has 0 amide bonds. The molecule has 4 heteroatoms. The van der Waals surface area contributed by atoms with Crippen LogP contribution in [-0.2, 0) is 0 Å². The number of piperidine rings is 1. The largest absolute Gasteiger partial charge is 0.389 e. The third-order valence-electron chi connectivity index (χ3n) is 2.06. The minimum Gasteiger partial charge on any atom is -0.313 e. The summed E-state index contributed by atoms with van der Waals surface area (Å²) in [5.74, 6) is 0. The molecular weight excluding hydrogens is 179 g/mol. The summed E-state index contributed by atoms with van der Waals surface area (Å²) in [6.07, 6.45) is -0.876. The minimum absolute atomic E-state index is 0.126. The van der Waals surface area contributed by atoms with Crippen molar-refractivity contribution in [2.75, 3.05) is 13.1 Å². The molecule has 0 bridgehead atoms. The fraction of sp³-hybridized carbons (Fsp3) is 0.778. The van der Waals surface area contributed by atoms with Crippen molar-refractivity contribution in [3.05, 3.63) is 11.6 Å². The van der Waals surface area contributed by atoms with Crippen LogP contribution in [0.1, 0.15) is 25.7 Å². The molecule has 13 heavy (non-hydrogen) atoms. The number of rotatable bonds is 2. The molecule has 1 aliphatic rings. The lowest BCUT2D eigenvalue weighted by atomic mass is 10.0. The number of allylic oxidation sites excluding steroid dienone is 1. The van der Waals surface area contributed by atoms with Crippen LogP contribution in [0.25, 0.3) is 0 Å². The van der Waals surface area contributed by atoms with E-state index in [0.29, 0.717) is 0 Å². The van der Waals surface area contributed by atoms with E-state index in [-0.39, 0.29) is 6.42 Å². The summed E-state index contributed by atoms with van der Waals surface area (Å²) in [7, 11) is 0. The Morgan fingerprint density at radius 2 is 2.15 bits per heavy atom. The van der Waals surface area contributed by atoms with Gasteiger partial charge in [-0.15, -0.1) is 0 Å². The summed E-state index contributed by atoms with van der Waals surface area (Å²) in [5, 5.41) is 3.13. The van der Waals surface area contributed by atoms with E-state index in [1.165, 1.54) is 0 Å². The highest BCUT2D eigenvalue weighted by Crippen LogP contribution is 2.22. The topological polar surface area (TPSA) is 12.0 Å². The maximum absolute atomic E-state index is 11.8. The van der Waals surface area contributed by atoms with Gasteiger partial charge in [-0.3, -0.25) is 0 Å². The first-order valence-corrected chi connectivity index (χ1v) is 4.53. The van der Waals surface area contributed by atoms with E-state index in [4.69, 9.17) is 0 Å². The molecule has 1 heterocycles. The Morgan fingerprint density at radius 3 is 2.69 bits per heavy atom. The third-order valence-corrected chi connectivity index (χ3v) is 2.06. The summed E-state index contributed by atoms with van der Waals surface area (Å²) in [4.78, 5) is 0. The van der Waals surface area contributed by atoms with Crippen molar-refractivity contribution in [1.82, 2.24) is 5.32 Å². The van der Waals surface area contributed by atoms with Crippen LogP contribution in [0.15, 0.2) is 11.6 Å². The molecule has 1 saturated heterocycles. The Balaban J connectivity index is 2.22. The summed E-state index contributed by atoms with van der Waals surface area (Å²) in [5.41, 5.74) is 1.12. The molecule has 0 aromatic rings. The predicted molar refractivity (Wildman–Crippen MR) is 45.5 cm³/mol. The van der Waals surface area contributed by atoms with Crippen LogP contribution in [0.3, 0.4) is 0 Å². The smallest absolute Gasteiger partial charge is 0.313 e. The standard InChI is InChI=1S/C9H14F3N/c10-9(11,12)5-1-3-8-4-2-6-13-7-8/h3,13H,1-2,4-7H2/b8-3-. The number of hydrogen-bond acceptors (Lipinski definition) is 1. The van der Waals surface area contributed by atoms with Crippen LogP contribution in [0.5, 0.6) is 0 Å². The average molecular weight is 193 g/mol. The molecule has 76 valence electrons. The highest BCUT2D eigenvalue weighted by Gasteiger charge is 2.25. The lowest BCUT2D eigenvalue weighted by Gasteiger charge is -2.15. The minimum atomic E-state index is -4.01. The SMILES string of the molecule is FC(F)(F)CC/C=C1/CCCNC1. The Labute approximate surface area is 76.0 Å². The average Bonchev–Trinajstić information content (AvgIpc) is 2.04. The van der Waals surface area contributed by atoms with Gasteiger partial charge in [0.2, 0.25) is 0 Å². The molecule has 1 fully saturated rings. The summed E-state index contributed by atoms with van der Waals surface area (Å²) < 4.78 is 35.3. The second kappa shape index (κ2) is 4.65. The van der Waals surface area contributed by atoms with E-state index in [9.17, 15) is 13.2 Å². The van der Waals surface area contributed by atoms with Crippen molar-refractivity contribution < 1.29 is 13.2 Å². The lowest BCUT2D eigenvalue weighted by molar-refractivity contribution is -0.133. The highest BCUT2D eigenvalue weighted by molar-refractivity contribution is 5.06. The number of alkyl halides is 3. The van der Waals surface area contributed by atoms with E-state index in [1.807, 2.05) is 0 Å². The number of nitrogens with one attached hydrogen (secondary N) is 1. The van der Waals surface area contributed by atoms with Crippen molar-refractivity contribution in [3.8, 4) is 0 Å². The monoisotopic (exact) mass is 193 g/mol. The van der Waals surface area contributed by atoms with Gasteiger partial charge in [0.1, 0.15) is 0 Å². The van der Waals surface area contributed by atoms with Crippen LogP contribution in [0.4, 0.5) is 13.2 Å². The highest BCUT2D eigenvalue weighted by atomic mass is 19.4. The van der Waals surface area contributed by atoms with Crippen molar-refractivity contribution in [3.63, 3.8) is 0 Å². The molecular formula is C9H14F3N. The molecule has 0 aromatic heterocycles. The first kappa shape index (κ1) is 10.6.